The minimum Gasteiger partial charge on any atom is -0.332 e. The quantitative estimate of drug-likeness (QED) is 0.727. The fraction of sp³-hybridized carbons (Fsp3) is 0.222. The first-order valence-electron chi connectivity index (χ1n) is 7.71. The molecule has 0 bridgehead atoms. The Morgan fingerprint density at radius 3 is 2.83 bits per heavy atom. The number of imidazole rings is 1. The summed E-state index contributed by atoms with van der Waals surface area (Å²) in [6.07, 6.45) is 7.21. The molecule has 0 unspecified atom stereocenters. The van der Waals surface area contributed by atoms with Crippen molar-refractivity contribution in [2.45, 2.75) is 18.9 Å². The van der Waals surface area contributed by atoms with Gasteiger partial charge in [0.05, 0.1) is 11.6 Å². The number of amides is 1. The second-order valence-corrected chi connectivity index (χ2v) is 5.82. The van der Waals surface area contributed by atoms with Crippen LogP contribution in [0.5, 0.6) is 0 Å². The third-order valence-electron chi connectivity index (χ3n) is 4.40. The third kappa shape index (κ3) is 2.48. The first-order chi connectivity index (χ1) is 11.2. The normalized spacial score (nSPS) is 17.8. The predicted octanol–water partition coefficient (Wildman–Crippen LogP) is 3.45. The van der Waals surface area contributed by atoms with Crippen LogP contribution in [-0.2, 0) is 0 Å². The standard InChI is InChI=1S/C18H16FN3O/c19-15-6-3-13(4-7-15)16-2-1-10-22(16)18(23)14-5-8-17-20-9-11-21(17)12-14/h3-9,11-12,16H,1-2,10H2/t16-/m1/s1. The van der Waals surface area contributed by atoms with Gasteiger partial charge < -0.3 is 9.30 Å². The van der Waals surface area contributed by atoms with Crippen molar-refractivity contribution in [3.05, 3.63) is 71.9 Å². The van der Waals surface area contributed by atoms with Crippen molar-refractivity contribution < 1.29 is 9.18 Å². The Hall–Kier alpha value is -2.69. The summed E-state index contributed by atoms with van der Waals surface area (Å²) >= 11 is 0. The molecule has 1 aromatic carbocycles. The number of nitrogens with zero attached hydrogens (tertiary/aromatic N) is 3. The van der Waals surface area contributed by atoms with Crippen molar-refractivity contribution in [3.63, 3.8) is 0 Å². The fourth-order valence-electron chi connectivity index (χ4n) is 3.25. The molecule has 1 fully saturated rings. The summed E-state index contributed by atoms with van der Waals surface area (Å²) in [6.45, 7) is 0.725. The lowest BCUT2D eigenvalue weighted by atomic mass is 10.0. The Labute approximate surface area is 133 Å². The number of carbonyl (C=O) groups is 1. The summed E-state index contributed by atoms with van der Waals surface area (Å²) in [5.74, 6) is -0.248. The molecule has 1 saturated heterocycles. The van der Waals surface area contributed by atoms with E-state index >= 15 is 0 Å². The van der Waals surface area contributed by atoms with Crippen molar-refractivity contribution in [2.75, 3.05) is 6.54 Å². The topological polar surface area (TPSA) is 37.6 Å². The maximum absolute atomic E-state index is 13.1. The van der Waals surface area contributed by atoms with Crippen LogP contribution in [0.3, 0.4) is 0 Å². The lowest BCUT2D eigenvalue weighted by molar-refractivity contribution is 0.0735. The molecule has 4 nitrogen and oxygen atoms in total. The Kier molecular flexibility index (Phi) is 3.33. The highest BCUT2D eigenvalue weighted by Gasteiger charge is 2.30. The van der Waals surface area contributed by atoms with Crippen LogP contribution in [0.4, 0.5) is 4.39 Å². The van der Waals surface area contributed by atoms with Crippen LogP contribution >= 0.6 is 0 Å². The minimum absolute atomic E-state index is 0.00688. The number of fused-ring (bicyclic) bond motifs is 1. The number of rotatable bonds is 2. The van der Waals surface area contributed by atoms with Crippen molar-refractivity contribution >= 4 is 11.6 Å². The molecule has 3 heterocycles. The Morgan fingerprint density at radius 2 is 2.00 bits per heavy atom. The summed E-state index contributed by atoms with van der Waals surface area (Å²) in [7, 11) is 0. The zero-order valence-corrected chi connectivity index (χ0v) is 12.5. The molecule has 1 aliphatic heterocycles. The molecule has 2 aromatic heterocycles. The van der Waals surface area contributed by atoms with E-state index in [4.69, 9.17) is 0 Å². The lowest BCUT2D eigenvalue weighted by Gasteiger charge is -2.25. The van der Waals surface area contributed by atoms with E-state index in [1.807, 2.05) is 33.8 Å². The first kappa shape index (κ1) is 13.9. The number of halogens is 1. The third-order valence-corrected chi connectivity index (χ3v) is 4.40. The molecule has 0 saturated carbocycles. The molecule has 3 aromatic rings. The van der Waals surface area contributed by atoms with Gasteiger partial charge in [0.25, 0.3) is 5.91 Å². The maximum Gasteiger partial charge on any atom is 0.255 e. The monoisotopic (exact) mass is 309 g/mol. The van der Waals surface area contributed by atoms with Gasteiger partial charge in [0.2, 0.25) is 0 Å². The minimum atomic E-state index is -0.254. The first-order valence-corrected chi connectivity index (χ1v) is 7.71. The number of pyridine rings is 1. The van der Waals surface area contributed by atoms with E-state index in [1.165, 1.54) is 12.1 Å². The predicted molar refractivity (Wildman–Crippen MR) is 84.6 cm³/mol. The number of aromatic nitrogens is 2. The Balaban J connectivity index is 1.64. The van der Waals surface area contributed by atoms with Gasteiger partial charge in [-0.25, -0.2) is 9.37 Å². The molecule has 116 valence electrons. The number of likely N-dealkylation sites (tertiary alicyclic amines) is 1. The van der Waals surface area contributed by atoms with Crippen LogP contribution in [0.1, 0.15) is 34.8 Å². The van der Waals surface area contributed by atoms with Gasteiger partial charge in [0, 0.05) is 25.1 Å². The van der Waals surface area contributed by atoms with E-state index in [0.717, 1.165) is 30.6 Å². The van der Waals surface area contributed by atoms with Crippen LogP contribution in [0, 0.1) is 5.82 Å². The van der Waals surface area contributed by atoms with E-state index in [2.05, 4.69) is 4.98 Å². The van der Waals surface area contributed by atoms with Crippen molar-refractivity contribution in [1.82, 2.24) is 14.3 Å². The lowest BCUT2D eigenvalue weighted by Crippen LogP contribution is -2.30. The number of benzene rings is 1. The average Bonchev–Trinajstić information content (AvgIpc) is 3.23. The molecule has 23 heavy (non-hydrogen) atoms. The van der Waals surface area contributed by atoms with Gasteiger partial charge in [-0.05, 0) is 42.7 Å². The van der Waals surface area contributed by atoms with Gasteiger partial charge >= 0.3 is 0 Å². The van der Waals surface area contributed by atoms with Crippen LogP contribution in [0.2, 0.25) is 0 Å². The van der Waals surface area contributed by atoms with E-state index in [0.29, 0.717) is 5.56 Å². The Bertz CT molecular complexity index is 856. The van der Waals surface area contributed by atoms with Crippen molar-refractivity contribution in [1.29, 1.82) is 0 Å². The molecular formula is C18H16FN3O. The largest absolute Gasteiger partial charge is 0.332 e. The van der Waals surface area contributed by atoms with Crippen molar-refractivity contribution in [2.24, 2.45) is 0 Å². The molecule has 4 rings (SSSR count). The molecule has 1 aliphatic rings. The van der Waals surface area contributed by atoms with Crippen LogP contribution in [0.25, 0.3) is 5.65 Å². The summed E-state index contributed by atoms with van der Waals surface area (Å²) in [4.78, 5) is 19.0. The van der Waals surface area contributed by atoms with Gasteiger partial charge in [-0.2, -0.15) is 0 Å². The molecule has 1 atom stereocenters. The van der Waals surface area contributed by atoms with Crippen molar-refractivity contribution in [3.8, 4) is 0 Å². The van der Waals surface area contributed by atoms with Gasteiger partial charge in [0.15, 0.2) is 0 Å². The second kappa shape index (κ2) is 5.50. The van der Waals surface area contributed by atoms with Gasteiger partial charge in [0.1, 0.15) is 11.5 Å². The van der Waals surface area contributed by atoms with E-state index in [1.54, 1.807) is 18.3 Å². The second-order valence-electron chi connectivity index (χ2n) is 5.82. The molecule has 0 aliphatic carbocycles. The molecule has 0 spiro atoms. The van der Waals surface area contributed by atoms with E-state index < -0.39 is 0 Å². The summed E-state index contributed by atoms with van der Waals surface area (Å²) in [6, 6.07) is 10.1. The summed E-state index contributed by atoms with van der Waals surface area (Å²) < 4.78 is 15.0. The highest BCUT2D eigenvalue weighted by atomic mass is 19.1. The molecule has 0 radical (unpaired) electrons. The zero-order chi connectivity index (χ0) is 15.8. The number of hydrogen-bond donors (Lipinski definition) is 0. The van der Waals surface area contributed by atoms with Gasteiger partial charge in [-0.1, -0.05) is 12.1 Å². The highest BCUT2D eigenvalue weighted by Crippen LogP contribution is 2.33. The highest BCUT2D eigenvalue weighted by molar-refractivity contribution is 5.94. The Morgan fingerprint density at radius 1 is 1.17 bits per heavy atom. The number of hydrogen-bond acceptors (Lipinski definition) is 2. The smallest absolute Gasteiger partial charge is 0.255 e. The van der Waals surface area contributed by atoms with Crippen LogP contribution < -0.4 is 0 Å². The van der Waals surface area contributed by atoms with E-state index in [-0.39, 0.29) is 17.8 Å². The number of carbonyl (C=O) groups excluding carboxylic acids is 1. The van der Waals surface area contributed by atoms with E-state index in [9.17, 15) is 9.18 Å². The zero-order valence-electron chi connectivity index (χ0n) is 12.5. The average molecular weight is 309 g/mol. The molecule has 1 amide bonds. The maximum atomic E-state index is 13.1. The summed E-state index contributed by atoms with van der Waals surface area (Å²) in [5, 5.41) is 0. The van der Waals surface area contributed by atoms with Gasteiger partial charge in [-0.3, -0.25) is 4.79 Å². The fourth-order valence-corrected chi connectivity index (χ4v) is 3.25. The SMILES string of the molecule is O=C(c1ccc2nccn2c1)N1CCC[C@@H]1c1ccc(F)cc1. The summed E-state index contributed by atoms with van der Waals surface area (Å²) in [5.41, 5.74) is 2.45. The molecular weight excluding hydrogens is 293 g/mol. The molecule has 5 heteroatoms. The van der Waals surface area contributed by atoms with Crippen LogP contribution in [-0.4, -0.2) is 26.7 Å². The van der Waals surface area contributed by atoms with Gasteiger partial charge in [-0.15, -0.1) is 0 Å². The van der Waals surface area contributed by atoms with Crippen LogP contribution in [0.15, 0.2) is 55.0 Å². The molecule has 0 N–H and O–H groups in total.